The minimum atomic E-state index is -0.159. The number of carbonyl (C=O) groups is 1. The smallest absolute Gasteiger partial charge is 0.125 e. The molecule has 1 atom stereocenters. The molecule has 60 valence electrons. The molecule has 0 radical (unpaired) electrons. The molecule has 0 aromatic carbocycles. The number of hydrogen-bond donors (Lipinski definition) is 0. The zero-order valence-corrected chi connectivity index (χ0v) is 7.64. The van der Waals surface area contributed by atoms with Crippen LogP contribution in [0.2, 0.25) is 0 Å². The standard InChI is InChI=1S/C9H18O/c1-7(2)8(3)9(4,5)6-10/h6-8H,1-5H3. The first-order valence-electron chi connectivity index (χ1n) is 3.88. The molecule has 0 amide bonds. The summed E-state index contributed by atoms with van der Waals surface area (Å²) in [7, 11) is 0. The number of hydrogen-bond acceptors (Lipinski definition) is 1. The van der Waals surface area contributed by atoms with Crippen LogP contribution in [0.1, 0.15) is 34.6 Å². The average Bonchev–Trinajstić information content (AvgIpc) is 1.86. The first kappa shape index (κ1) is 9.67. The molecule has 1 unspecified atom stereocenters. The lowest BCUT2D eigenvalue weighted by Gasteiger charge is -2.28. The van der Waals surface area contributed by atoms with Crippen LogP contribution in [0.5, 0.6) is 0 Å². The van der Waals surface area contributed by atoms with Gasteiger partial charge in [0.15, 0.2) is 0 Å². The molecule has 0 aliphatic rings. The van der Waals surface area contributed by atoms with Gasteiger partial charge >= 0.3 is 0 Å². The Morgan fingerprint density at radius 2 is 1.60 bits per heavy atom. The fraction of sp³-hybridized carbons (Fsp3) is 0.889. The van der Waals surface area contributed by atoms with Crippen LogP contribution < -0.4 is 0 Å². The summed E-state index contributed by atoms with van der Waals surface area (Å²) in [6.07, 6.45) is 1.05. The maximum Gasteiger partial charge on any atom is 0.125 e. The molecule has 0 heterocycles. The molecule has 0 N–H and O–H groups in total. The van der Waals surface area contributed by atoms with Crippen molar-refractivity contribution >= 4 is 6.29 Å². The third-order valence-electron chi connectivity index (χ3n) is 2.48. The van der Waals surface area contributed by atoms with Crippen molar-refractivity contribution in [2.75, 3.05) is 0 Å². The summed E-state index contributed by atoms with van der Waals surface area (Å²) in [5, 5.41) is 0. The van der Waals surface area contributed by atoms with Crippen molar-refractivity contribution in [3.63, 3.8) is 0 Å². The normalized spacial score (nSPS) is 15.4. The quantitative estimate of drug-likeness (QED) is 0.553. The highest BCUT2D eigenvalue weighted by atomic mass is 16.1. The van der Waals surface area contributed by atoms with Crippen LogP contribution in [-0.4, -0.2) is 6.29 Å². The van der Waals surface area contributed by atoms with Crippen LogP contribution in [0.15, 0.2) is 0 Å². The third-order valence-corrected chi connectivity index (χ3v) is 2.48. The number of rotatable bonds is 3. The molecule has 0 fully saturated rings. The van der Waals surface area contributed by atoms with Gasteiger partial charge in [0.05, 0.1) is 0 Å². The largest absolute Gasteiger partial charge is 0.303 e. The first-order chi connectivity index (χ1) is 4.41. The maximum absolute atomic E-state index is 10.6. The Morgan fingerprint density at radius 3 is 1.70 bits per heavy atom. The van der Waals surface area contributed by atoms with Gasteiger partial charge in [0, 0.05) is 5.41 Å². The second kappa shape index (κ2) is 3.18. The Bertz CT molecular complexity index is 114. The summed E-state index contributed by atoms with van der Waals surface area (Å²) in [6, 6.07) is 0. The van der Waals surface area contributed by atoms with Gasteiger partial charge < -0.3 is 4.79 Å². The summed E-state index contributed by atoms with van der Waals surface area (Å²) in [4.78, 5) is 10.6. The van der Waals surface area contributed by atoms with E-state index in [1.54, 1.807) is 0 Å². The van der Waals surface area contributed by atoms with Crippen LogP contribution in [0, 0.1) is 17.3 Å². The first-order valence-corrected chi connectivity index (χ1v) is 3.88. The van der Waals surface area contributed by atoms with E-state index in [1.165, 1.54) is 0 Å². The van der Waals surface area contributed by atoms with Crippen molar-refractivity contribution in [1.82, 2.24) is 0 Å². The molecule has 0 aromatic rings. The Hall–Kier alpha value is -0.330. The highest BCUT2D eigenvalue weighted by molar-refractivity contribution is 5.58. The Labute approximate surface area is 63.8 Å². The molecule has 0 aromatic heterocycles. The second-order valence-electron chi connectivity index (χ2n) is 3.97. The van der Waals surface area contributed by atoms with Gasteiger partial charge in [0.25, 0.3) is 0 Å². The van der Waals surface area contributed by atoms with Gasteiger partial charge in [-0.3, -0.25) is 0 Å². The van der Waals surface area contributed by atoms with Crippen LogP contribution in [0.25, 0.3) is 0 Å². The summed E-state index contributed by atoms with van der Waals surface area (Å²) in [5.41, 5.74) is -0.159. The number of aldehydes is 1. The monoisotopic (exact) mass is 142 g/mol. The minimum absolute atomic E-state index is 0.159. The van der Waals surface area contributed by atoms with E-state index in [0.29, 0.717) is 11.8 Å². The van der Waals surface area contributed by atoms with E-state index in [1.807, 2.05) is 13.8 Å². The fourth-order valence-electron chi connectivity index (χ4n) is 0.966. The predicted octanol–water partition coefficient (Wildman–Crippen LogP) is 2.50. The fourth-order valence-corrected chi connectivity index (χ4v) is 0.966. The molecular weight excluding hydrogens is 124 g/mol. The molecule has 0 aliphatic heterocycles. The summed E-state index contributed by atoms with van der Waals surface area (Å²) in [6.45, 7) is 10.4. The van der Waals surface area contributed by atoms with Crippen molar-refractivity contribution in [3.8, 4) is 0 Å². The highest BCUT2D eigenvalue weighted by Gasteiger charge is 2.26. The highest BCUT2D eigenvalue weighted by Crippen LogP contribution is 2.29. The molecule has 0 saturated heterocycles. The van der Waals surface area contributed by atoms with Crippen molar-refractivity contribution < 1.29 is 4.79 Å². The molecular formula is C9H18O. The number of carbonyl (C=O) groups excluding carboxylic acids is 1. The van der Waals surface area contributed by atoms with Gasteiger partial charge in [0.1, 0.15) is 6.29 Å². The summed E-state index contributed by atoms with van der Waals surface area (Å²) in [5.74, 6) is 1.05. The van der Waals surface area contributed by atoms with Gasteiger partial charge in [-0.05, 0) is 11.8 Å². The SMILES string of the molecule is CC(C)C(C)C(C)(C)C=O. The molecule has 1 nitrogen and oxygen atoms in total. The van der Waals surface area contributed by atoms with Crippen molar-refractivity contribution in [2.24, 2.45) is 17.3 Å². The zero-order valence-electron chi connectivity index (χ0n) is 7.64. The van der Waals surface area contributed by atoms with Crippen molar-refractivity contribution in [2.45, 2.75) is 34.6 Å². The van der Waals surface area contributed by atoms with Crippen molar-refractivity contribution in [3.05, 3.63) is 0 Å². The second-order valence-corrected chi connectivity index (χ2v) is 3.97. The summed E-state index contributed by atoms with van der Waals surface area (Å²) < 4.78 is 0. The van der Waals surface area contributed by atoms with Gasteiger partial charge in [-0.1, -0.05) is 34.6 Å². The van der Waals surface area contributed by atoms with Crippen LogP contribution in [-0.2, 0) is 4.79 Å². The summed E-state index contributed by atoms with van der Waals surface area (Å²) >= 11 is 0. The third kappa shape index (κ3) is 2.13. The molecule has 0 rings (SSSR count). The lowest BCUT2D eigenvalue weighted by atomic mass is 9.75. The molecule has 1 heteroatoms. The van der Waals surface area contributed by atoms with E-state index < -0.39 is 0 Å². The van der Waals surface area contributed by atoms with Crippen LogP contribution in [0.3, 0.4) is 0 Å². The van der Waals surface area contributed by atoms with E-state index >= 15 is 0 Å². The van der Waals surface area contributed by atoms with Gasteiger partial charge in [-0.2, -0.15) is 0 Å². The topological polar surface area (TPSA) is 17.1 Å². The lowest BCUT2D eigenvalue weighted by Crippen LogP contribution is -2.26. The van der Waals surface area contributed by atoms with Crippen molar-refractivity contribution in [1.29, 1.82) is 0 Å². The lowest BCUT2D eigenvalue weighted by molar-refractivity contribution is -0.117. The Kier molecular flexibility index (Phi) is 3.07. The minimum Gasteiger partial charge on any atom is -0.303 e. The Morgan fingerprint density at radius 1 is 1.20 bits per heavy atom. The molecule has 10 heavy (non-hydrogen) atoms. The molecule has 0 aliphatic carbocycles. The van der Waals surface area contributed by atoms with E-state index in [4.69, 9.17) is 0 Å². The van der Waals surface area contributed by atoms with E-state index in [-0.39, 0.29) is 5.41 Å². The average molecular weight is 142 g/mol. The van der Waals surface area contributed by atoms with E-state index in [9.17, 15) is 4.79 Å². The maximum atomic E-state index is 10.6. The van der Waals surface area contributed by atoms with E-state index in [0.717, 1.165) is 6.29 Å². The van der Waals surface area contributed by atoms with Gasteiger partial charge in [0.2, 0.25) is 0 Å². The Balaban J connectivity index is 4.17. The zero-order chi connectivity index (χ0) is 8.36. The molecule has 0 spiro atoms. The van der Waals surface area contributed by atoms with E-state index in [2.05, 4.69) is 20.8 Å². The van der Waals surface area contributed by atoms with Crippen LogP contribution >= 0.6 is 0 Å². The van der Waals surface area contributed by atoms with Gasteiger partial charge in [-0.15, -0.1) is 0 Å². The predicted molar refractivity (Wildman–Crippen MR) is 43.8 cm³/mol. The molecule has 0 bridgehead atoms. The van der Waals surface area contributed by atoms with Gasteiger partial charge in [-0.25, -0.2) is 0 Å². The van der Waals surface area contributed by atoms with Crippen LogP contribution in [0.4, 0.5) is 0 Å². The molecule has 0 saturated carbocycles.